The summed E-state index contributed by atoms with van der Waals surface area (Å²) < 4.78 is 11.5. The van der Waals surface area contributed by atoms with Gasteiger partial charge in [-0.15, -0.1) is 0 Å². The molecule has 0 aromatic heterocycles. The molecule has 0 bridgehead atoms. The number of Topliss-reactive ketones (excluding diaryl/α,β-unsaturated/α-hetero) is 1. The minimum Gasteiger partial charge on any atom is -0.493 e. The molecule has 2 rings (SSSR count). The van der Waals surface area contributed by atoms with Crippen molar-refractivity contribution < 1.29 is 14.3 Å². The molecule has 0 radical (unpaired) electrons. The summed E-state index contributed by atoms with van der Waals surface area (Å²) in [4.78, 5) is 12.0. The minimum absolute atomic E-state index is 0.138. The van der Waals surface area contributed by atoms with Crippen LogP contribution in [0.15, 0.2) is 18.2 Å². The topological polar surface area (TPSA) is 35.5 Å². The Kier molecular flexibility index (Phi) is 4.40. The van der Waals surface area contributed by atoms with Crippen molar-refractivity contribution >= 4 is 17.5 Å². The van der Waals surface area contributed by atoms with Crippen molar-refractivity contribution in [3.05, 3.63) is 23.8 Å². The Morgan fingerprint density at radius 1 is 1.42 bits per heavy atom. The standard InChI is InChI=1S/C15H20O3S/c1-4-19-8-7-17-11-5-6-12-13(16)10-15(2,3)18-14(12)9-11/h5-6,9H,4,7-8,10H2,1-3H3. The third-order valence-electron chi connectivity index (χ3n) is 2.93. The molecule has 19 heavy (non-hydrogen) atoms. The van der Waals surface area contributed by atoms with E-state index in [9.17, 15) is 4.79 Å². The van der Waals surface area contributed by atoms with Crippen LogP contribution < -0.4 is 9.47 Å². The van der Waals surface area contributed by atoms with Gasteiger partial charge >= 0.3 is 0 Å². The van der Waals surface area contributed by atoms with E-state index in [1.54, 1.807) is 6.07 Å². The van der Waals surface area contributed by atoms with Gasteiger partial charge in [0.05, 0.1) is 18.6 Å². The Morgan fingerprint density at radius 2 is 2.21 bits per heavy atom. The number of ether oxygens (including phenoxy) is 2. The molecule has 1 aromatic carbocycles. The Balaban J connectivity index is 2.08. The molecule has 1 aliphatic rings. The predicted molar refractivity (Wildman–Crippen MR) is 78.6 cm³/mol. The van der Waals surface area contributed by atoms with Crippen molar-refractivity contribution in [1.82, 2.24) is 0 Å². The maximum Gasteiger partial charge on any atom is 0.170 e. The fourth-order valence-corrected chi connectivity index (χ4v) is 2.58. The van der Waals surface area contributed by atoms with E-state index in [0.29, 0.717) is 24.3 Å². The summed E-state index contributed by atoms with van der Waals surface area (Å²) in [5.74, 6) is 3.61. The molecule has 0 saturated carbocycles. The first-order chi connectivity index (χ1) is 9.02. The summed E-state index contributed by atoms with van der Waals surface area (Å²) >= 11 is 1.85. The summed E-state index contributed by atoms with van der Waals surface area (Å²) in [6.07, 6.45) is 0.424. The second-order valence-electron chi connectivity index (χ2n) is 5.17. The van der Waals surface area contributed by atoms with Crippen LogP contribution in [0, 0.1) is 0 Å². The normalized spacial score (nSPS) is 16.7. The van der Waals surface area contributed by atoms with Gasteiger partial charge in [-0.25, -0.2) is 0 Å². The molecule has 1 aliphatic heterocycles. The van der Waals surface area contributed by atoms with Crippen molar-refractivity contribution in [1.29, 1.82) is 0 Å². The average Bonchev–Trinajstić information content (AvgIpc) is 2.32. The monoisotopic (exact) mass is 280 g/mol. The van der Waals surface area contributed by atoms with Crippen LogP contribution >= 0.6 is 11.8 Å². The van der Waals surface area contributed by atoms with Gasteiger partial charge in [-0.1, -0.05) is 6.92 Å². The number of carbonyl (C=O) groups excluding carboxylic acids is 1. The maximum absolute atomic E-state index is 12.0. The van der Waals surface area contributed by atoms with E-state index in [1.807, 2.05) is 37.7 Å². The molecule has 104 valence electrons. The third kappa shape index (κ3) is 3.66. The van der Waals surface area contributed by atoms with Crippen LogP contribution in [0.25, 0.3) is 0 Å². The highest BCUT2D eigenvalue weighted by Gasteiger charge is 2.32. The van der Waals surface area contributed by atoms with Gasteiger partial charge in [-0.3, -0.25) is 4.79 Å². The zero-order chi connectivity index (χ0) is 13.9. The van der Waals surface area contributed by atoms with E-state index < -0.39 is 5.60 Å². The van der Waals surface area contributed by atoms with Gasteiger partial charge < -0.3 is 9.47 Å². The smallest absolute Gasteiger partial charge is 0.170 e. The summed E-state index contributed by atoms with van der Waals surface area (Å²) in [7, 11) is 0. The van der Waals surface area contributed by atoms with Crippen LogP contribution in [0.4, 0.5) is 0 Å². The summed E-state index contributed by atoms with van der Waals surface area (Å²) in [6.45, 7) is 6.66. The lowest BCUT2D eigenvalue weighted by Gasteiger charge is -2.31. The van der Waals surface area contributed by atoms with Gasteiger partial charge in [0.25, 0.3) is 0 Å². The number of ketones is 1. The van der Waals surface area contributed by atoms with Crippen LogP contribution in [0.1, 0.15) is 37.6 Å². The van der Waals surface area contributed by atoms with Crippen LogP contribution in [0.2, 0.25) is 0 Å². The SMILES string of the molecule is CCSCCOc1ccc2c(c1)OC(C)(C)CC2=O. The second kappa shape index (κ2) is 5.87. The van der Waals surface area contributed by atoms with Crippen LogP contribution in [0.5, 0.6) is 11.5 Å². The molecule has 0 saturated heterocycles. The first-order valence-electron chi connectivity index (χ1n) is 6.58. The van der Waals surface area contributed by atoms with Gasteiger partial charge in [0.15, 0.2) is 5.78 Å². The van der Waals surface area contributed by atoms with E-state index in [-0.39, 0.29) is 5.78 Å². The molecule has 3 nitrogen and oxygen atoms in total. The number of rotatable bonds is 5. The fourth-order valence-electron chi connectivity index (χ4n) is 2.09. The molecule has 1 heterocycles. The Labute approximate surface area is 118 Å². The van der Waals surface area contributed by atoms with E-state index in [1.165, 1.54) is 0 Å². The van der Waals surface area contributed by atoms with E-state index in [0.717, 1.165) is 17.3 Å². The van der Waals surface area contributed by atoms with E-state index in [2.05, 4.69) is 6.92 Å². The molecule has 0 aliphatic carbocycles. The van der Waals surface area contributed by atoms with E-state index >= 15 is 0 Å². The lowest BCUT2D eigenvalue weighted by molar-refractivity contribution is 0.0618. The van der Waals surface area contributed by atoms with Gasteiger partial charge in [0.2, 0.25) is 0 Å². The number of carbonyl (C=O) groups is 1. The van der Waals surface area contributed by atoms with Crippen molar-refractivity contribution in [3.63, 3.8) is 0 Å². The Morgan fingerprint density at radius 3 is 2.95 bits per heavy atom. The maximum atomic E-state index is 12.0. The predicted octanol–water partition coefficient (Wildman–Crippen LogP) is 3.56. The third-order valence-corrected chi connectivity index (χ3v) is 3.79. The van der Waals surface area contributed by atoms with Gasteiger partial charge in [0.1, 0.15) is 17.1 Å². The molecular formula is C15H20O3S. The number of benzene rings is 1. The zero-order valence-corrected chi connectivity index (χ0v) is 12.5. The quantitative estimate of drug-likeness (QED) is 0.773. The molecule has 1 aromatic rings. The average molecular weight is 280 g/mol. The largest absolute Gasteiger partial charge is 0.493 e. The number of hydrogen-bond donors (Lipinski definition) is 0. The van der Waals surface area contributed by atoms with Crippen LogP contribution in [0.3, 0.4) is 0 Å². The molecule has 0 amide bonds. The molecule has 4 heteroatoms. The van der Waals surface area contributed by atoms with Crippen molar-refractivity contribution in [2.24, 2.45) is 0 Å². The van der Waals surface area contributed by atoms with Gasteiger partial charge in [-0.05, 0) is 31.7 Å². The van der Waals surface area contributed by atoms with Crippen LogP contribution in [-0.2, 0) is 0 Å². The van der Waals surface area contributed by atoms with Crippen molar-refractivity contribution in [2.75, 3.05) is 18.1 Å². The highest BCUT2D eigenvalue weighted by Crippen LogP contribution is 2.35. The van der Waals surface area contributed by atoms with Gasteiger partial charge in [0, 0.05) is 11.8 Å². The fraction of sp³-hybridized carbons (Fsp3) is 0.533. The highest BCUT2D eigenvalue weighted by molar-refractivity contribution is 7.99. The highest BCUT2D eigenvalue weighted by atomic mass is 32.2. The summed E-state index contributed by atoms with van der Waals surface area (Å²) in [5, 5.41) is 0. The molecular weight excluding hydrogens is 260 g/mol. The Hall–Kier alpha value is -1.16. The molecule has 0 atom stereocenters. The molecule has 0 unspecified atom stereocenters. The molecule has 0 N–H and O–H groups in total. The first kappa shape index (κ1) is 14.3. The van der Waals surface area contributed by atoms with Gasteiger partial charge in [-0.2, -0.15) is 11.8 Å². The van der Waals surface area contributed by atoms with E-state index in [4.69, 9.17) is 9.47 Å². The summed E-state index contributed by atoms with van der Waals surface area (Å²) in [6, 6.07) is 5.47. The number of fused-ring (bicyclic) bond motifs is 1. The Bertz CT molecular complexity index is 468. The first-order valence-corrected chi connectivity index (χ1v) is 7.74. The minimum atomic E-state index is -0.430. The number of hydrogen-bond acceptors (Lipinski definition) is 4. The van der Waals surface area contributed by atoms with Crippen molar-refractivity contribution in [2.45, 2.75) is 32.8 Å². The number of thioether (sulfide) groups is 1. The molecule has 0 fully saturated rings. The summed E-state index contributed by atoms with van der Waals surface area (Å²) in [5.41, 5.74) is 0.232. The zero-order valence-electron chi connectivity index (χ0n) is 11.7. The van der Waals surface area contributed by atoms with Crippen molar-refractivity contribution in [3.8, 4) is 11.5 Å². The lowest BCUT2D eigenvalue weighted by atomic mass is 9.93. The molecule has 0 spiro atoms. The lowest BCUT2D eigenvalue weighted by Crippen LogP contribution is -2.35. The van der Waals surface area contributed by atoms with Crippen LogP contribution in [-0.4, -0.2) is 29.5 Å². The second-order valence-corrected chi connectivity index (χ2v) is 6.56.